The van der Waals surface area contributed by atoms with Crippen LogP contribution in [-0.2, 0) is 4.74 Å². The topological polar surface area (TPSA) is 65.4 Å². The van der Waals surface area contributed by atoms with Crippen molar-refractivity contribution in [2.45, 2.75) is 26.4 Å². The zero-order chi connectivity index (χ0) is 18.8. The van der Waals surface area contributed by atoms with E-state index in [0.29, 0.717) is 6.07 Å². The number of oxime groups is 1. The molecule has 1 N–H and O–H groups in total. The highest BCUT2D eigenvalue weighted by Gasteiger charge is 2.29. The Labute approximate surface area is 143 Å². The molecule has 1 aliphatic rings. The summed E-state index contributed by atoms with van der Waals surface area (Å²) < 4.78 is 45.9. The summed E-state index contributed by atoms with van der Waals surface area (Å²) >= 11 is 0. The van der Waals surface area contributed by atoms with E-state index in [1.165, 1.54) is 9.80 Å². The molecule has 1 amide bonds. The van der Waals surface area contributed by atoms with Gasteiger partial charge in [0.25, 0.3) is 0 Å². The van der Waals surface area contributed by atoms with Gasteiger partial charge in [0.1, 0.15) is 11.4 Å². The molecule has 6 nitrogen and oxygen atoms in total. The maximum Gasteiger partial charge on any atom is 0.410 e. The number of nitrogens with zero attached hydrogens (tertiary/aromatic N) is 3. The number of ether oxygens (including phenoxy) is 1. The van der Waals surface area contributed by atoms with Gasteiger partial charge in [0.15, 0.2) is 17.5 Å². The van der Waals surface area contributed by atoms with Gasteiger partial charge in [0.05, 0.1) is 5.56 Å². The molecule has 9 heteroatoms. The number of hydrogen-bond donors (Lipinski definition) is 1. The molecular weight excluding hydrogens is 339 g/mol. The third kappa shape index (κ3) is 4.55. The standard InChI is InChI=1S/C16H20F3N3O3/c1-16(2,3)25-15(23)22-6-4-21(5-7-22)14(20-24)11-8-10(17)9-12(18)13(11)19/h8-9,24H,4-7H2,1-3H3/b20-14+. The minimum absolute atomic E-state index is 0.191. The molecule has 1 aliphatic heterocycles. The van der Waals surface area contributed by atoms with Crippen LogP contribution in [0.3, 0.4) is 0 Å². The van der Waals surface area contributed by atoms with Gasteiger partial charge in [-0.1, -0.05) is 5.16 Å². The lowest BCUT2D eigenvalue weighted by Crippen LogP contribution is -2.52. The van der Waals surface area contributed by atoms with Crippen molar-refractivity contribution < 1.29 is 27.9 Å². The monoisotopic (exact) mass is 359 g/mol. The van der Waals surface area contributed by atoms with Crippen LogP contribution in [0, 0.1) is 17.5 Å². The first-order valence-corrected chi connectivity index (χ1v) is 7.72. The van der Waals surface area contributed by atoms with E-state index in [0.717, 1.165) is 6.07 Å². The molecule has 0 aromatic heterocycles. The zero-order valence-corrected chi connectivity index (χ0v) is 14.2. The predicted molar refractivity (Wildman–Crippen MR) is 84.0 cm³/mol. The fourth-order valence-electron chi connectivity index (χ4n) is 2.43. The van der Waals surface area contributed by atoms with Crippen molar-refractivity contribution in [2.24, 2.45) is 5.16 Å². The van der Waals surface area contributed by atoms with Gasteiger partial charge >= 0.3 is 6.09 Å². The van der Waals surface area contributed by atoms with Gasteiger partial charge in [0, 0.05) is 32.2 Å². The largest absolute Gasteiger partial charge is 0.444 e. The second-order valence-corrected chi connectivity index (χ2v) is 6.63. The van der Waals surface area contributed by atoms with E-state index in [9.17, 15) is 23.2 Å². The molecule has 0 radical (unpaired) electrons. The van der Waals surface area contributed by atoms with E-state index < -0.39 is 34.7 Å². The number of amidine groups is 1. The third-order valence-electron chi connectivity index (χ3n) is 3.56. The number of amides is 1. The second kappa shape index (κ2) is 7.20. The van der Waals surface area contributed by atoms with Gasteiger partial charge in [0.2, 0.25) is 0 Å². The molecule has 1 fully saturated rings. The first-order chi connectivity index (χ1) is 11.6. The van der Waals surface area contributed by atoms with E-state index in [-0.39, 0.29) is 32.0 Å². The molecule has 2 rings (SSSR count). The summed E-state index contributed by atoms with van der Waals surface area (Å²) in [7, 11) is 0. The van der Waals surface area contributed by atoms with Crippen LogP contribution in [0.25, 0.3) is 0 Å². The van der Waals surface area contributed by atoms with E-state index in [1.807, 2.05) is 0 Å². The second-order valence-electron chi connectivity index (χ2n) is 6.63. The van der Waals surface area contributed by atoms with Crippen molar-refractivity contribution in [3.05, 3.63) is 35.1 Å². The Morgan fingerprint density at radius 2 is 1.68 bits per heavy atom. The molecule has 138 valence electrons. The smallest absolute Gasteiger partial charge is 0.410 e. The van der Waals surface area contributed by atoms with Crippen LogP contribution in [-0.4, -0.2) is 58.7 Å². The molecule has 1 aromatic carbocycles. The fourth-order valence-corrected chi connectivity index (χ4v) is 2.43. The molecule has 0 aliphatic carbocycles. The zero-order valence-electron chi connectivity index (χ0n) is 14.2. The molecule has 1 aromatic rings. The molecule has 0 saturated carbocycles. The van der Waals surface area contributed by atoms with Crippen LogP contribution in [0.4, 0.5) is 18.0 Å². The average Bonchev–Trinajstić information content (AvgIpc) is 2.51. The molecule has 25 heavy (non-hydrogen) atoms. The summed E-state index contributed by atoms with van der Waals surface area (Å²) in [5.41, 5.74) is -1.11. The Morgan fingerprint density at radius 1 is 1.12 bits per heavy atom. The van der Waals surface area contributed by atoms with Gasteiger partial charge < -0.3 is 19.7 Å². The summed E-state index contributed by atoms with van der Waals surface area (Å²) in [6.45, 7) is 6.09. The Kier molecular flexibility index (Phi) is 5.44. The highest BCUT2D eigenvalue weighted by Crippen LogP contribution is 2.19. The number of halogens is 3. The molecule has 0 atom stereocenters. The Hall–Kier alpha value is -2.45. The van der Waals surface area contributed by atoms with E-state index in [4.69, 9.17) is 4.74 Å². The van der Waals surface area contributed by atoms with Crippen molar-refractivity contribution in [3.63, 3.8) is 0 Å². The molecule has 1 saturated heterocycles. The molecule has 1 heterocycles. The van der Waals surface area contributed by atoms with Crippen LogP contribution in [0.2, 0.25) is 0 Å². The van der Waals surface area contributed by atoms with Crippen molar-refractivity contribution >= 4 is 11.9 Å². The lowest BCUT2D eigenvalue weighted by Gasteiger charge is -2.36. The van der Waals surface area contributed by atoms with E-state index >= 15 is 0 Å². The molecule has 0 spiro atoms. The van der Waals surface area contributed by atoms with Crippen LogP contribution in [0.15, 0.2) is 17.3 Å². The van der Waals surface area contributed by atoms with Crippen LogP contribution >= 0.6 is 0 Å². The lowest BCUT2D eigenvalue weighted by atomic mass is 10.1. The lowest BCUT2D eigenvalue weighted by molar-refractivity contribution is 0.0186. The maximum atomic E-state index is 13.9. The highest BCUT2D eigenvalue weighted by molar-refractivity contribution is 5.98. The molecular formula is C16H20F3N3O3. The quantitative estimate of drug-likeness (QED) is 0.275. The summed E-state index contributed by atoms with van der Waals surface area (Å²) in [6.07, 6.45) is -0.488. The average molecular weight is 359 g/mol. The van der Waals surface area contributed by atoms with Gasteiger partial charge in [-0.3, -0.25) is 0 Å². The Morgan fingerprint density at radius 3 is 2.20 bits per heavy atom. The van der Waals surface area contributed by atoms with E-state index in [2.05, 4.69) is 5.16 Å². The highest BCUT2D eigenvalue weighted by atomic mass is 19.2. The number of piperazine rings is 1. The van der Waals surface area contributed by atoms with Crippen molar-refractivity contribution in [1.82, 2.24) is 9.80 Å². The fraction of sp³-hybridized carbons (Fsp3) is 0.500. The van der Waals surface area contributed by atoms with Gasteiger partial charge in [-0.15, -0.1) is 0 Å². The van der Waals surface area contributed by atoms with Crippen LogP contribution in [0.5, 0.6) is 0 Å². The minimum atomic E-state index is -1.37. The van der Waals surface area contributed by atoms with Gasteiger partial charge in [-0.25, -0.2) is 18.0 Å². The molecule has 0 unspecified atom stereocenters. The number of hydrogen-bond acceptors (Lipinski definition) is 4. The summed E-state index contributed by atoms with van der Waals surface area (Å²) in [5.74, 6) is -3.95. The number of carbonyl (C=O) groups is 1. The number of carbonyl (C=O) groups excluding carboxylic acids is 1. The summed E-state index contributed by atoms with van der Waals surface area (Å²) in [4.78, 5) is 14.9. The Balaban J connectivity index is 2.10. The maximum absolute atomic E-state index is 13.9. The van der Waals surface area contributed by atoms with Gasteiger partial charge in [-0.05, 0) is 26.8 Å². The van der Waals surface area contributed by atoms with Gasteiger partial charge in [-0.2, -0.15) is 0 Å². The normalized spacial score (nSPS) is 16.2. The van der Waals surface area contributed by atoms with E-state index in [1.54, 1.807) is 20.8 Å². The number of rotatable bonds is 1. The first kappa shape index (κ1) is 18.9. The van der Waals surface area contributed by atoms with Crippen LogP contribution in [0.1, 0.15) is 26.3 Å². The van der Waals surface area contributed by atoms with Crippen LogP contribution < -0.4 is 0 Å². The summed E-state index contributed by atoms with van der Waals surface area (Å²) in [6, 6.07) is 1.17. The summed E-state index contributed by atoms with van der Waals surface area (Å²) in [5, 5.41) is 12.2. The van der Waals surface area contributed by atoms with Crippen molar-refractivity contribution in [2.75, 3.05) is 26.2 Å². The predicted octanol–water partition coefficient (Wildman–Crippen LogP) is 2.79. The SMILES string of the molecule is CC(C)(C)OC(=O)N1CCN(/C(=N/O)c2cc(F)cc(F)c2F)CC1. The number of benzene rings is 1. The van der Waals surface area contributed by atoms with Crippen molar-refractivity contribution in [1.29, 1.82) is 0 Å². The third-order valence-corrected chi connectivity index (χ3v) is 3.56. The molecule has 0 bridgehead atoms. The first-order valence-electron chi connectivity index (χ1n) is 7.72. The Bertz CT molecular complexity index is 681. The minimum Gasteiger partial charge on any atom is -0.444 e. The van der Waals surface area contributed by atoms with Crippen molar-refractivity contribution in [3.8, 4) is 0 Å².